The van der Waals surface area contributed by atoms with Crippen LogP contribution in [0.15, 0.2) is 47.3 Å². The highest BCUT2D eigenvalue weighted by molar-refractivity contribution is 6.75. The molecule has 8 nitrogen and oxygen atoms in total. The smallest absolute Gasteiger partial charge is 0.373 e. The van der Waals surface area contributed by atoms with Gasteiger partial charge in [-0.1, -0.05) is 139 Å². The summed E-state index contributed by atoms with van der Waals surface area (Å²) in [5.41, 5.74) is 2.47. The van der Waals surface area contributed by atoms with Crippen LogP contribution in [-0.4, -0.2) is 81.4 Å². The van der Waals surface area contributed by atoms with Crippen LogP contribution in [-0.2, 0) is 37.1 Å². The van der Waals surface area contributed by atoms with E-state index in [-0.39, 0.29) is 41.5 Å². The Morgan fingerprint density at radius 2 is 1.32 bits per heavy atom. The van der Waals surface area contributed by atoms with Crippen LogP contribution < -0.4 is 0 Å². The van der Waals surface area contributed by atoms with Gasteiger partial charge in [0, 0.05) is 24.9 Å². The zero-order valence-corrected chi connectivity index (χ0v) is 46.6. The van der Waals surface area contributed by atoms with Gasteiger partial charge < -0.3 is 27.5 Å². The van der Waals surface area contributed by atoms with Gasteiger partial charge in [-0.05, 0) is 105 Å². The van der Waals surface area contributed by atoms with Crippen LogP contribution in [0, 0.1) is 29.6 Å². The standard InChI is InChI=1S/C51H96O8Si3/c1-21-44-47(57-60(22-2,23-3)24-4)39(14)33-37(12)31-30-32-45(54-19)50(42(17)49(41(16)43(18)52)59-62(28-8,29-9)36(10)11)56-51(53)46(55-20)35-38(13)34-40(15)48(44)58-61(25-5,26-6)27-7/h30-32,34-36,39-42,44-45,47-50H,21-29,33H2,1-20H3/b32-30+,37-31+,38-34+,46-35-/t39-,40-,41-,42+,44+,45+,47+,48-,49+,50-/m1/s1. The molecule has 10 atom stereocenters. The van der Waals surface area contributed by atoms with E-state index in [0.717, 1.165) is 66.8 Å². The molecule has 1 heterocycles. The third-order valence-electron chi connectivity index (χ3n) is 15.3. The van der Waals surface area contributed by atoms with Gasteiger partial charge in [-0.3, -0.25) is 4.79 Å². The van der Waals surface area contributed by atoms with Crippen LogP contribution in [0.4, 0.5) is 0 Å². The lowest BCUT2D eigenvalue weighted by Crippen LogP contribution is -2.52. The Labute approximate surface area is 385 Å². The molecule has 1 aliphatic rings. The van der Waals surface area contributed by atoms with Gasteiger partial charge in [-0.25, -0.2) is 4.79 Å². The van der Waals surface area contributed by atoms with Gasteiger partial charge in [-0.15, -0.1) is 0 Å². The number of rotatable bonds is 22. The van der Waals surface area contributed by atoms with Crippen molar-refractivity contribution in [3.63, 3.8) is 0 Å². The Hall–Kier alpha value is -1.61. The number of carbonyl (C=O) groups is 2. The van der Waals surface area contributed by atoms with Crippen LogP contribution in [0.3, 0.4) is 0 Å². The first kappa shape index (κ1) is 58.4. The number of hydrogen-bond acceptors (Lipinski definition) is 8. The molecule has 0 spiro atoms. The molecule has 0 amide bonds. The first-order valence-electron chi connectivity index (χ1n) is 24.7. The van der Waals surface area contributed by atoms with Crippen molar-refractivity contribution in [3.05, 3.63) is 47.3 Å². The molecule has 0 fully saturated rings. The molecule has 0 saturated heterocycles. The van der Waals surface area contributed by atoms with E-state index in [1.54, 1.807) is 20.1 Å². The van der Waals surface area contributed by atoms with E-state index in [9.17, 15) is 9.59 Å². The highest BCUT2D eigenvalue weighted by Crippen LogP contribution is 2.40. The number of carbonyl (C=O) groups excluding carboxylic acids is 2. The summed E-state index contributed by atoms with van der Waals surface area (Å²) in [5.74, 6) is -0.825. The predicted octanol–water partition coefficient (Wildman–Crippen LogP) is 14.0. The minimum Gasteiger partial charge on any atom is -0.490 e. The molecule has 0 saturated carbocycles. The molecule has 0 aromatic rings. The van der Waals surface area contributed by atoms with Gasteiger partial charge in [0.15, 0.2) is 25.0 Å². The van der Waals surface area contributed by atoms with E-state index < -0.39 is 61.1 Å². The molecular formula is C51H96O8Si3. The second kappa shape index (κ2) is 27.8. The van der Waals surface area contributed by atoms with Gasteiger partial charge in [0.25, 0.3) is 0 Å². The molecule has 0 aromatic carbocycles. The molecule has 1 aliphatic heterocycles. The van der Waals surface area contributed by atoms with Crippen molar-refractivity contribution in [3.8, 4) is 0 Å². The van der Waals surface area contributed by atoms with Crippen molar-refractivity contribution in [2.75, 3.05) is 14.2 Å². The average Bonchev–Trinajstić information content (AvgIpc) is 3.25. The van der Waals surface area contributed by atoms with E-state index >= 15 is 0 Å². The number of cyclic esters (lactones) is 1. The largest absolute Gasteiger partial charge is 0.490 e. The molecule has 0 aromatic heterocycles. The zero-order chi connectivity index (χ0) is 47.6. The van der Waals surface area contributed by atoms with Crippen LogP contribution in [0.25, 0.3) is 0 Å². The Kier molecular flexibility index (Phi) is 26.2. The van der Waals surface area contributed by atoms with E-state index in [2.05, 4.69) is 109 Å². The SMILES string of the molecule is CC[C@H]1[C@@H](O[Si](CC)(CC)CC)[C@H](C)C/C(C)=C/C=C/[C@H](OC)[C@@H]([C@@H](C)[C@@H](O[Si](CC)(CC)C(C)C)[C@H](C)C(C)=O)OC(=O)/C(OC)=C/C(C)=C/[C@@H](C)[C@H]1O[Si](CC)(CC)CC. The quantitative estimate of drug-likeness (QED) is 0.0784. The lowest BCUT2D eigenvalue weighted by atomic mass is 9.79. The Morgan fingerprint density at radius 1 is 0.806 bits per heavy atom. The number of methoxy groups -OCH3 is 2. The van der Waals surface area contributed by atoms with Gasteiger partial charge in [-0.2, -0.15) is 0 Å². The maximum absolute atomic E-state index is 14.4. The van der Waals surface area contributed by atoms with Crippen molar-refractivity contribution in [1.29, 1.82) is 0 Å². The number of allylic oxidation sites excluding steroid dienone is 5. The van der Waals surface area contributed by atoms with E-state index in [1.165, 1.54) is 12.7 Å². The first-order chi connectivity index (χ1) is 29.2. The highest BCUT2D eigenvalue weighted by atomic mass is 28.4. The maximum atomic E-state index is 14.4. The molecule has 11 heteroatoms. The lowest BCUT2D eigenvalue weighted by Gasteiger charge is -2.46. The molecule has 360 valence electrons. The highest BCUT2D eigenvalue weighted by Gasteiger charge is 2.46. The van der Waals surface area contributed by atoms with E-state index in [0.29, 0.717) is 5.54 Å². The van der Waals surface area contributed by atoms with E-state index in [1.807, 2.05) is 32.9 Å². The number of ketones is 1. The van der Waals surface area contributed by atoms with Crippen molar-refractivity contribution in [1.82, 2.24) is 0 Å². The summed E-state index contributed by atoms with van der Waals surface area (Å²) in [7, 11) is -3.23. The molecule has 62 heavy (non-hydrogen) atoms. The van der Waals surface area contributed by atoms with Gasteiger partial charge >= 0.3 is 5.97 Å². The third kappa shape index (κ3) is 15.5. The number of ether oxygens (including phenoxy) is 3. The fourth-order valence-electron chi connectivity index (χ4n) is 10.1. The lowest BCUT2D eigenvalue weighted by molar-refractivity contribution is -0.161. The van der Waals surface area contributed by atoms with Crippen molar-refractivity contribution >= 4 is 36.7 Å². The Morgan fingerprint density at radius 3 is 1.74 bits per heavy atom. The Balaban J connectivity index is 4.31. The second-order valence-electron chi connectivity index (χ2n) is 19.1. The average molecular weight is 922 g/mol. The van der Waals surface area contributed by atoms with Gasteiger partial charge in [0.05, 0.1) is 25.4 Å². The minimum absolute atomic E-state index is 0.0149. The maximum Gasteiger partial charge on any atom is 0.373 e. The summed E-state index contributed by atoms with van der Waals surface area (Å²) in [6.45, 7) is 39.6. The van der Waals surface area contributed by atoms with Crippen LogP contribution in [0.2, 0.25) is 53.9 Å². The third-order valence-corrected chi connectivity index (χ3v) is 29.8. The number of Topliss-reactive ketones (excluding diaryl/α,β-unsaturated/α-hetero) is 1. The van der Waals surface area contributed by atoms with Gasteiger partial charge in [0.1, 0.15) is 18.0 Å². The van der Waals surface area contributed by atoms with E-state index in [4.69, 9.17) is 27.5 Å². The minimum atomic E-state index is -2.29. The number of esters is 1. The molecule has 0 aliphatic carbocycles. The van der Waals surface area contributed by atoms with Crippen molar-refractivity contribution in [2.45, 2.75) is 222 Å². The summed E-state index contributed by atoms with van der Waals surface area (Å²) in [5, 5.41) is 0. The van der Waals surface area contributed by atoms with Crippen LogP contribution >= 0.6 is 0 Å². The normalized spacial score (nSPS) is 28.8. The zero-order valence-electron chi connectivity index (χ0n) is 43.6. The van der Waals surface area contributed by atoms with Crippen molar-refractivity contribution < 1.29 is 37.1 Å². The predicted molar refractivity (Wildman–Crippen MR) is 269 cm³/mol. The molecule has 1 rings (SSSR count). The molecular weight excluding hydrogens is 825 g/mol. The Bertz CT molecular complexity index is 1440. The fourth-order valence-corrected chi connectivity index (χ4v) is 19.8. The second-order valence-corrected chi connectivity index (χ2v) is 33.5. The summed E-state index contributed by atoms with van der Waals surface area (Å²) in [4.78, 5) is 27.6. The summed E-state index contributed by atoms with van der Waals surface area (Å²) in [6, 6.07) is 8.28. The fraction of sp³-hybridized carbons (Fsp3) is 0.804. The summed E-state index contributed by atoms with van der Waals surface area (Å²) < 4.78 is 41.1. The number of hydrogen-bond donors (Lipinski definition) is 0. The molecule has 0 N–H and O–H groups in total. The first-order valence-corrected chi connectivity index (χ1v) is 32.2. The summed E-state index contributed by atoms with van der Waals surface area (Å²) in [6.07, 6.45) is 10.1. The topological polar surface area (TPSA) is 89.5 Å². The molecule has 0 unspecified atom stereocenters. The van der Waals surface area contributed by atoms with Gasteiger partial charge in [0.2, 0.25) is 5.76 Å². The monoisotopic (exact) mass is 921 g/mol. The molecule has 0 radical (unpaired) electrons. The van der Waals surface area contributed by atoms with Crippen LogP contribution in [0.5, 0.6) is 0 Å². The molecule has 0 bridgehead atoms. The summed E-state index contributed by atoms with van der Waals surface area (Å²) >= 11 is 0. The van der Waals surface area contributed by atoms with Crippen LogP contribution in [0.1, 0.15) is 137 Å². The van der Waals surface area contributed by atoms with Crippen molar-refractivity contribution in [2.24, 2.45) is 29.6 Å².